The Balaban J connectivity index is 0.000000974. The molecule has 0 amide bonds. The van der Waals surface area contributed by atoms with Crippen molar-refractivity contribution in [3.8, 4) is 58.0 Å². The molecule has 10 rings (SSSR count). The molecule has 6 N–H and O–H groups in total. The zero-order valence-electron chi connectivity index (χ0n) is 46.5. The zero-order chi connectivity index (χ0) is 61.3. The van der Waals surface area contributed by atoms with Crippen molar-refractivity contribution in [2.75, 3.05) is 78.0 Å². The van der Waals surface area contributed by atoms with Gasteiger partial charge in [0.1, 0.15) is 72.6 Å². The van der Waals surface area contributed by atoms with Crippen LogP contribution in [0.15, 0.2) is 72.8 Å². The van der Waals surface area contributed by atoms with Crippen molar-refractivity contribution in [3.63, 3.8) is 0 Å². The van der Waals surface area contributed by atoms with E-state index in [-0.39, 0.29) is 60.3 Å². The summed E-state index contributed by atoms with van der Waals surface area (Å²) < 4.78 is 59.3. The van der Waals surface area contributed by atoms with Crippen LogP contribution in [0, 0.1) is 35.1 Å². The van der Waals surface area contributed by atoms with Crippen LogP contribution in [0.4, 0.5) is 0 Å². The zero-order valence-corrected chi connectivity index (χ0v) is 52.4. The van der Waals surface area contributed by atoms with Crippen LogP contribution in [0.2, 0.25) is 0 Å². The van der Waals surface area contributed by atoms with Gasteiger partial charge in [0.15, 0.2) is 23.9 Å². The second-order valence-electron chi connectivity index (χ2n) is 16.4. The molecule has 0 atom stereocenters. The Morgan fingerprint density at radius 2 is 0.988 bits per heavy atom. The van der Waals surface area contributed by atoms with E-state index in [1.165, 1.54) is 20.8 Å². The van der Waals surface area contributed by atoms with Crippen molar-refractivity contribution in [1.29, 1.82) is 0 Å². The van der Waals surface area contributed by atoms with Gasteiger partial charge in [0.2, 0.25) is 17.2 Å². The summed E-state index contributed by atoms with van der Waals surface area (Å²) in [4.78, 5) is 46.7. The van der Waals surface area contributed by atoms with E-state index in [9.17, 15) is 24.8 Å². The largest absolute Gasteiger partial charge is 0.505 e. The highest BCUT2D eigenvalue weighted by Gasteiger charge is 2.29. The molecule has 0 aliphatic carbocycles. The fourth-order valence-electron chi connectivity index (χ4n) is 6.08. The van der Waals surface area contributed by atoms with Crippen LogP contribution in [0.3, 0.4) is 0 Å². The summed E-state index contributed by atoms with van der Waals surface area (Å²) >= 11 is 7.10. The highest BCUT2D eigenvalue weighted by molar-refractivity contribution is 14.1. The first-order valence-corrected chi connectivity index (χ1v) is 28.3. The summed E-state index contributed by atoms with van der Waals surface area (Å²) in [6.45, 7) is 15.9. The smallest absolute Gasteiger partial charge is 0.460 e. The lowest BCUT2D eigenvalue weighted by Crippen LogP contribution is -2.40. The van der Waals surface area contributed by atoms with Crippen LogP contribution in [-0.4, -0.2) is 147 Å². The van der Waals surface area contributed by atoms with Crippen molar-refractivity contribution in [1.82, 2.24) is 19.9 Å². The molecule has 0 aromatic carbocycles. The summed E-state index contributed by atoms with van der Waals surface area (Å²) in [7, 11) is 0. The van der Waals surface area contributed by atoms with Gasteiger partial charge in [-0.1, -0.05) is 38.2 Å². The topological polar surface area (TPSA) is 333 Å². The number of carbonyl (C=O) groups excluding carboxylic acids is 3. The van der Waals surface area contributed by atoms with E-state index in [4.69, 9.17) is 67.8 Å². The summed E-state index contributed by atoms with van der Waals surface area (Å²) in [5.74, 6) is 3.64. The van der Waals surface area contributed by atoms with E-state index in [2.05, 4.69) is 63.2 Å². The number of fused-ring (bicyclic) bond motifs is 4. The minimum Gasteiger partial charge on any atom is -0.505 e. The standard InChI is InChI=1S/C10H12NO5.C8H10INO2.C8H10NO3.C8H9NO3.C8H9NO2.C6H6INO.C4H6O3.C2H5BrO.3CH4/c1-7(12)16-6-8-2-3-9-10(11(8)13)15-5-4-14-9;1-6-2-3-7(8(9)10-6)12-5-4-11;1-6-2-3-7-8(9(6)10)12-5-4-11-7;10-5-6-1-2-7-8(9-6)12-4-3-11-7;1-6-2-3-7-8(9-6)11-5-4-10-7;1-4-2-3-5(9)6(7)8-4;1-3(5)7-4(2)6;3-1-2-4;;;/h2-3,13H,4-6H2,1H3;2-3,11H,4-5H2,1H3;2-3,10H,4-5H2,1H3;1-2,10H,3-5H2;2-3H,4-5H2,1H3;2-3,9H,1H3;1-2H3;4H,1-2H2;3*1H4/q+1;;+1;;;;;;;;. The van der Waals surface area contributed by atoms with Crippen molar-refractivity contribution >= 4 is 79.0 Å². The number of rotatable bonds is 7. The molecule has 0 saturated carbocycles. The van der Waals surface area contributed by atoms with Crippen molar-refractivity contribution < 1.29 is 107 Å². The van der Waals surface area contributed by atoms with Gasteiger partial charge < -0.3 is 72.5 Å². The monoisotopic (exact) mass is 1500 g/mol. The van der Waals surface area contributed by atoms with Gasteiger partial charge in [-0.2, -0.15) is 0 Å². The number of carbonyl (C=O) groups is 3. The first kappa shape index (κ1) is 78.9. The van der Waals surface area contributed by atoms with E-state index in [1.807, 2.05) is 67.6 Å². The first-order chi connectivity index (χ1) is 39.7. The number of alkyl halides is 1. The van der Waals surface area contributed by atoms with Gasteiger partial charge in [-0.3, -0.25) is 24.8 Å². The molecule has 26 nitrogen and oxygen atoms in total. The predicted octanol–water partition coefficient (Wildman–Crippen LogP) is 7.29. The number of aryl methyl sites for hydroxylation is 4. The number of hydrogen-bond donors (Lipinski definition) is 6. The number of aliphatic hydroxyl groups is 3. The van der Waals surface area contributed by atoms with E-state index in [0.29, 0.717) is 115 Å². The van der Waals surface area contributed by atoms with Gasteiger partial charge >= 0.3 is 29.7 Å². The molecule has 6 aromatic rings. The molecule has 476 valence electrons. The number of esters is 3. The Morgan fingerprint density at radius 3 is 1.47 bits per heavy atom. The Morgan fingerprint density at radius 1 is 0.547 bits per heavy atom. The van der Waals surface area contributed by atoms with Gasteiger partial charge in [0, 0.05) is 62.2 Å². The minimum atomic E-state index is -0.562. The molecule has 10 heterocycles. The highest BCUT2D eigenvalue weighted by atomic mass is 127. The highest BCUT2D eigenvalue weighted by Crippen LogP contribution is 2.29. The number of nitrogens with zero attached hydrogens (tertiary/aromatic N) is 6. The molecule has 29 heteroatoms. The molecular formula is C57H79BrI2N6O20+2. The van der Waals surface area contributed by atoms with Gasteiger partial charge in [-0.05, 0) is 127 Å². The molecule has 0 saturated heterocycles. The lowest BCUT2D eigenvalue weighted by Gasteiger charge is -2.17. The third-order valence-corrected chi connectivity index (χ3v) is 11.6. The first-order valence-electron chi connectivity index (χ1n) is 25.0. The molecule has 0 unspecified atom stereocenters. The predicted molar refractivity (Wildman–Crippen MR) is 332 cm³/mol. The second-order valence-corrected chi connectivity index (χ2v) is 19.3. The normalized spacial score (nSPS) is 11.7. The quantitative estimate of drug-likeness (QED) is 0.0174. The maximum atomic E-state index is 10.6. The Bertz CT molecular complexity index is 2990. The van der Waals surface area contributed by atoms with Crippen LogP contribution < -0.4 is 52.1 Å². The van der Waals surface area contributed by atoms with Crippen LogP contribution in [-0.2, 0) is 37.1 Å². The van der Waals surface area contributed by atoms with Crippen molar-refractivity contribution in [2.45, 2.75) is 84.0 Å². The molecule has 0 radical (unpaired) electrons. The van der Waals surface area contributed by atoms with Crippen LogP contribution >= 0.6 is 61.1 Å². The second kappa shape index (κ2) is 43.5. The van der Waals surface area contributed by atoms with Crippen LogP contribution in [0.25, 0.3) is 0 Å². The van der Waals surface area contributed by atoms with Gasteiger partial charge in [0.05, 0.1) is 35.0 Å². The molecule has 0 bridgehead atoms. The van der Waals surface area contributed by atoms with E-state index < -0.39 is 17.9 Å². The molecule has 4 aliphatic heterocycles. The number of ether oxygens (including phenoxy) is 11. The SMILES string of the molecule is C.C.C.CC(=O)OC(C)=O.CC(=O)OCc1ccc2c([n+]1O)OCCO2.Cc1ccc(O)c(I)n1.Cc1ccc(OCCO)c(I)n1.Cc1ccc2c([n+]1O)OCCO2.Cc1ccc2c(n1)OCCO2.OCCBr.OCc1ccc2c(n1)OCCO2. The molecule has 0 fully saturated rings. The van der Waals surface area contributed by atoms with E-state index in [0.717, 1.165) is 47.4 Å². The Labute approximate surface area is 536 Å². The third-order valence-electron chi connectivity index (χ3n) is 9.71. The van der Waals surface area contributed by atoms with E-state index in [1.54, 1.807) is 55.5 Å². The number of aromatic nitrogens is 6. The fraction of sp³-hybridized carbons (Fsp3) is 0.421. The van der Waals surface area contributed by atoms with Gasteiger partial charge in [0.25, 0.3) is 17.5 Å². The number of aliphatic hydroxyl groups excluding tert-OH is 3. The molecule has 6 aromatic heterocycles. The summed E-state index contributed by atoms with van der Waals surface area (Å²) in [6.07, 6.45) is 0. The maximum Gasteiger partial charge on any atom is 0.460 e. The average Bonchev–Trinajstić information content (AvgIpc) is 1.83. The Kier molecular flexibility index (Phi) is 40.0. The fourth-order valence-corrected chi connectivity index (χ4v) is 7.35. The number of pyridine rings is 6. The number of aromatic hydroxyl groups is 1. The lowest BCUT2D eigenvalue weighted by molar-refractivity contribution is -0.912. The van der Waals surface area contributed by atoms with Gasteiger partial charge in [-0.25, -0.2) is 19.9 Å². The number of hydrogen-bond acceptors (Lipinski definition) is 24. The van der Waals surface area contributed by atoms with Gasteiger partial charge in [-0.15, -0.1) is 0 Å². The third kappa shape index (κ3) is 29.3. The maximum absolute atomic E-state index is 10.6. The van der Waals surface area contributed by atoms with Crippen molar-refractivity contribution in [3.05, 3.63) is 114 Å². The average molecular weight is 1500 g/mol. The lowest BCUT2D eigenvalue weighted by atomic mass is 10.3. The Hall–Kier alpha value is -7.07. The summed E-state index contributed by atoms with van der Waals surface area (Å²) in [5.41, 5.74) is 4.58. The molecule has 86 heavy (non-hydrogen) atoms. The minimum absolute atomic E-state index is 0. The van der Waals surface area contributed by atoms with E-state index >= 15 is 0 Å². The molecular weight excluding hydrogens is 1420 g/mol. The molecule has 4 aliphatic rings. The van der Waals surface area contributed by atoms with Crippen LogP contribution in [0.1, 0.15) is 77.2 Å². The summed E-state index contributed by atoms with van der Waals surface area (Å²) in [6, 6.07) is 21.3. The molecule has 0 spiro atoms. The summed E-state index contributed by atoms with van der Waals surface area (Å²) in [5, 5.41) is 54.0. The number of halogens is 3. The van der Waals surface area contributed by atoms with Crippen LogP contribution in [0.5, 0.6) is 58.0 Å². The van der Waals surface area contributed by atoms with Crippen molar-refractivity contribution in [2.24, 2.45) is 0 Å².